The summed E-state index contributed by atoms with van der Waals surface area (Å²) in [5, 5.41) is 5.63. The van der Waals surface area contributed by atoms with Crippen molar-refractivity contribution in [2.24, 2.45) is 5.92 Å². The number of nitrogens with zero attached hydrogens (tertiary/aromatic N) is 2. The van der Waals surface area contributed by atoms with Crippen LogP contribution in [0.15, 0.2) is 35.2 Å². The third-order valence-corrected chi connectivity index (χ3v) is 6.37. The van der Waals surface area contributed by atoms with Crippen LogP contribution in [0.1, 0.15) is 26.7 Å². The van der Waals surface area contributed by atoms with Crippen molar-refractivity contribution < 1.29 is 18.0 Å². The summed E-state index contributed by atoms with van der Waals surface area (Å²) >= 11 is 0. The lowest BCUT2D eigenvalue weighted by Crippen LogP contribution is -2.45. The van der Waals surface area contributed by atoms with Gasteiger partial charge in [-0.1, -0.05) is 32.0 Å². The van der Waals surface area contributed by atoms with E-state index in [1.165, 1.54) is 4.31 Å². The van der Waals surface area contributed by atoms with Crippen molar-refractivity contribution in [1.29, 1.82) is 0 Å². The summed E-state index contributed by atoms with van der Waals surface area (Å²) in [6, 6.07) is 8.00. The number of amides is 3. The summed E-state index contributed by atoms with van der Waals surface area (Å²) in [6.45, 7) is 6.11. The highest BCUT2D eigenvalue weighted by atomic mass is 32.2. The van der Waals surface area contributed by atoms with Gasteiger partial charge in [-0.2, -0.15) is 4.31 Å². The molecule has 1 aliphatic rings. The molecule has 0 radical (unpaired) electrons. The molecule has 1 aromatic carbocycles. The molecule has 1 aromatic rings. The van der Waals surface area contributed by atoms with Crippen LogP contribution < -0.4 is 10.6 Å². The third-order valence-electron chi connectivity index (χ3n) is 4.46. The van der Waals surface area contributed by atoms with E-state index in [4.69, 9.17) is 0 Å². The number of benzene rings is 1. The van der Waals surface area contributed by atoms with Gasteiger partial charge in [-0.15, -0.1) is 0 Å². The van der Waals surface area contributed by atoms with Gasteiger partial charge in [0.1, 0.15) is 0 Å². The van der Waals surface area contributed by atoms with Crippen molar-refractivity contribution in [1.82, 2.24) is 19.8 Å². The van der Waals surface area contributed by atoms with E-state index in [0.717, 1.165) is 0 Å². The second-order valence-corrected chi connectivity index (χ2v) is 9.18. The lowest BCUT2D eigenvalue weighted by Gasteiger charge is -2.25. The van der Waals surface area contributed by atoms with Crippen LogP contribution >= 0.6 is 0 Å². The molecule has 1 aliphatic heterocycles. The number of carbonyl (C=O) groups is 2. The Bertz CT molecular complexity index is 752. The molecule has 0 bridgehead atoms. The van der Waals surface area contributed by atoms with E-state index in [2.05, 4.69) is 10.6 Å². The minimum absolute atomic E-state index is 0.0889. The summed E-state index contributed by atoms with van der Waals surface area (Å²) in [5.74, 6) is 0.108. The Hall–Kier alpha value is -2.13. The van der Waals surface area contributed by atoms with E-state index in [0.29, 0.717) is 38.5 Å². The smallest absolute Gasteiger partial charge is 0.317 e. The van der Waals surface area contributed by atoms with E-state index in [1.54, 1.807) is 35.2 Å². The number of rotatable bonds is 4. The zero-order valence-corrected chi connectivity index (χ0v) is 17.4. The van der Waals surface area contributed by atoms with Gasteiger partial charge >= 0.3 is 6.03 Å². The van der Waals surface area contributed by atoms with Crippen LogP contribution in [0.25, 0.3) is 0 Å². The third kappa shape index (κ3) is 6.49. The van der Waals surface area contributed by atoms with Gasteiger partial charge in [0.25, 0.3) is 0 Å². The average molecular weight is 411 g/mol. The summed E-state index contributed by atoms with van der Waals surface area (Å²) in [7, 11) is -3.69. The molecule has 0 aromatic heterocycles. The molecule has 0 atom stereocenters. The molecule has 156 valence electrons. The van der Waals surface area contributed by atoms with Gasteiger partial charge in [-0.25, -0.2) is 13.2 Å². The summed E-state index contributed by atoms with van der Waals surface area (Å²) in [4.78, 5) is 26.3. The zero-order valence-electron chi connectivity index (χ0n) is 16.6. The van der Waals surface area contributed by atoms with Gasteiger partial charge in [0.2, 0.25) is 15.9 Å². The van der Waals surface area contributed by atoms with Gasteiger partial charge in [0.05, 0.1) is 4.90 Å². The molecule has 0 aliphatic carbocycles. The molecule has 28 heavy (non-hydrogen) atoms. The first-order chi connectivity index (χ1) is 13.3. The fourth-order valence-electron chi connectivity index (χ4n) is 2.89. The van der Waals surface area contributed by atoms with E-state index >= 15 is 0 Å². The molecular formula is C19H30N4O4S. The van der Waals surface area contributed by atoms with Gasteiger partial charge in [-0.3, -0.25) is 4.79 Å². The van der Waals surface area contributed by atoms with Crippen molar-refractivity contribution in [3.63, 3.8) is 0 Å². The maximum atomic E-state index is 12.9. The molecule has 1 fully saturated rings. The first-order valence-electron chi connectivity index (χ1n) is 9.65. The van der Waals surface area contributed by atoms with E-state index in [-0.39, 0.29) is 36.3 Å². The molecule has 0 spiro atoms. The molecule has 3 amide bonds. The van der Waals surface area contributed by atoms with Crippen LogP contribution in [0.5, 0.6) is 0 Å². The summed E-state index contributed by atoms with van der Waals surface area (Å²) < 4.78 is 27.2. The standard InChI is InChI=1S/C19H30N4O4S/c1-16(2)15-21-19(25)22-11-6-12-23(13-9-18(24)20-10-14-22)28(26,27)17-7-4-3-5-8-17/h3-5,7-8,16H,6,9-15H2,1-2H3,(H,20,24)(H,21,25). The van der Waals surface area contributed by atoms with Crippen LogP contribution in [-0.2, 0) is 14.8 Å². The Kier molecular flexibility index (Phi) is 8.25. The monoisotopic (exact) mass is 410 g/mol. The highest BCUT2D eigenvalue weighted by Crippen LogP contribution is 2.16. The fourth-order valence-corrected chi connectivity index (χ4v) is 4.39. The Morgan fingerprint density at radius 2 is 1.86 bits per heavy atom. The van der Waals surface area contributed by atoms with Gasteiger partial charge < -0.3 is 15.5 Å². The summed E-state index contributed by atoms with van der Waals surface area (Å²) in [5.41, 5.74) is 0. The van der Waals surface area contributed by atoms with Crippen LogP contribution in [0.4, 0.5) is 4.79 Å². The molecular weight excluding hydrogens is 380 g/mol. The quantitative estimate of drug-likeness (QED) is 0.781. The maximum Gasteiger partial charge on any atom is 0.317 e. The molecule has 2 N–H and O–H groups in total. The molecule has 8 nitrogen and oxygen atoms in total. The normalized spacial score (nSPS) is 17.7. The first-order valence-corrected chi connectivity index (χ1v) is 11.1. The largest absolute Gasteiger partial charge is 0.354 e. The number of nitrogens with one attached hydrogen (secondary N) is 2. The molecule has 1 heterocycles. The van der Waals surface area contributed by atoms with E-state index in [9.17, 15) is 18.0 Å². The van der Waals surface area contributed by atoms with Gasteiger partial charge in [-0.05, 0) is 24.5 Å². The average Bonchev–Trinajstić information content (AvgIpc) is 2.71. The van der Waals surface area contributed by atoms with Crippen LogP contribution in [-0.4, -0.2) is 68.8 Å². The molecule has 9 heteroatoms. The van der Waals surface area contributed by atoms with Crippen LogP contribution in [0.2, 0.25) is 0 Å². The number of urea groups is 1. The van der Waals surface area contributed by atoms with Crippen molar-refractivity contribution >= 4 is 22.0 Å². The zero-order chi connectivity index (χ0) is 20.6. The van der Waals surface area contributed by atoms with Crippen molar-refractivity contribution in [3.8, 4) is 0 Å². The molecule has 1 saturated heterocycles. The van der Waals surface area contributed by atoms with Crippen molar-refractivity contribution in [2.75, 3.05) is 39.3 Å². The summed E-state index contributed by atoms with van der Waals surface area (Å²) in [6.07, 6.45) is 0.584. The number of sulfonamides is 1. The Labute approximate surface area is 167 Å². The number of hydrogen-bond acceptors (Lipinski definition) is 4. The highest BCUT2D eigenvalue weighted by molar-refractivity contribution is 7.89. The minimum atomic E-state index is -3.69. The van der Waals surface area contributed by atoms with Crippen molar-refractivity contribution in [3.05, 3.63) is 30.3 Å². The topological polar surface area (TPSA) is 98.8 Å². The second-order valence-electron chi connectivity index (χ2n) is 7.24. The fraction of sp³-hybridized carbons (Fsp3) is 0.579. The van der Waals surface area contributed by atoms with Crippen LogP contribution in [0, 0.1) is 5.92 Å². The highest BCUT2D eigenvalue weighted by Gasteiger charge is 2.25. The lowest BCUT2D eigenvalue weighted by molar-refractivity contribution is -0.121. The number of carbonyl (C=O) groups excluding carboxylic acids is 2. The molecule has 0 saturated carbocycles. The maximum absolute atomic E-state index is 12.9. The Morgan fingerprint density at radius 3 is 2.54 bits per heavy atom. The minimum Gasteiger partial charge on any atom is -0.354 e. The predicted octanol–water partition coefficient (Wildman–Crippen LogP) is 1.25. The van der Waals surface area contributed by atoms with Crippen LogP contribution in [0.3, 0.4) is 0 Å². The Morgan fingerprint density at radius 1 is 1.14 bits per heavy atom. The molecule has 2 rings (SSSR count). The van der Waals surface area contributed by atoms with Gasteiger partial charge in [0, 0.05) is 45.7 Å². The Balaban J connectivity index is 2.10. The van der Waals surface area contributed by atoms with Gasteiger partial charge in [0.15, 0.2) is 0 Å². The predicted molar refractivity (Wildman–Crippen MR) is 107 cm³/mol. The second kappa shape index (κ2) is 10.4. The SMILES string of the molecule is CC(C)CNC(=O)N1CCCN(S(=O)(=O)c2ccccc2)CCC(=O)NCC1. The van der Waals surface area contributed by atoms with Crippen molar-refractivity contribution in [2.45, 2.75) is 31.6 Å². The van der Waals surface area contributed by atoms with E-state index in [1.807, 2.05) is 13.8 Å². The lowest BCUT2D eigenvalue weighted by atomic mass is 10.2. The molecule has 0 unspecified atom stereocenters. The van der Waals surface area contributed by atoms with E-state index < -0.39 is 10.0 Å². The first kappa shape index (κ1) is 22.2. The number of hydrogen-bond donors (Lipinski definition) is 2.